The van der Waals surface area contributed by atoms with Crippen molar-refractivity contribution in [3.8, 4) is 0 Å². The summed E-state index contributed by atoms with van der Waals surface area (Å²) in [7, 11) is 1.46. The number of nitrogens with zero attached hydrogens (tertiary/aromatic N) is 1. The summed E-state index contributed by atoms with van der Waals surface area (Å²) in [5.74, 6) is -1.01. The fraction of sp³-hybridized carbons (Fsp3) is 0.846. The fourth-order valence-electron chi connectivity index (χ4n) is 3.20. The van der Waals surface area contributed by atoms with Gasteiger partial charge in [-0.25, -0.2) is 4.57 Å². The first-order valence-electron chi connectivity index (χ1n) is 13.4. The Morgan fingerprint density at radius 3 is 2.06 bits per heavy atom. The number of unbranched alkanes of at least 4 members (excludes halogenated alkanes) is 9. The zero-order valence-corrected chi connectivity index (χ0v) is 24.1. The first-order chi connectivity index (χ1) is 16.9. The summed E-state index contributed by atoms with van der Waals surface area (Å²) in [6.07, 6.45) is 16.2. The summed E-state index contributed by atoms with van der Waals surface area (Å²) in [4.78, 5) is 33.2. The molecular formula is C26H51NO8P+. The highest BCUT2D eigenvalue weighted by Gasteiger charge is 2.26. The van der Waals surface area contributed by atoms with Crippen LogP contribution in [0.15, 0.2) is 12.2 Å². The van der Waals surface area contributed by atoms with Crippen LogP contribution in [0, 0.1) is 0 Å². The van der Waals surface area contributed by atoms with Gasteiger partial charge >= 0.3 is 19.8 Å². The van der Waals surface area contributed by atoms with Gasteiger partial charge in [0.05, 0.1) is 27.7 Å². The first-order valence-corrected chi connectivity index (χ1v) is 14.8. The van der Waals surface area contributed by atoms with Crippen LogP contribution in [0.25, 0.3) is 0 Å². The Bertz CT molecular complexity index is 663. The summed E-state index contributed by atoms with van der Waals surface area (Å²) in [6.45, 7) is 3.32. The van der Waals surface area contributed by atoms with Gasteiger partial charge < -0.3 is 18.9 Å². The van der Waals surface area contributed by atoms with Gasteiger partial charge in [-0.2, -0.15) is 0 Å². The van der Waals surface area contributed by atoms with Crippen molar-refractivity contribution in [1.82, 2.24) is 0 Å². The zero-order chi connectivity index (χ0) is 27.3. The molecule has 0 aliphatic heterocycles. The number of phosphoric acid groups is 1. The Balaban J connectivity index is 4.14. The molecule has 0 aromatic carbocycles. The maximum Gasteiger partial charge on any atom is 0.472 e. The number of phosphoric ester groups is 1. The van der Waals surface area contributed by atoms with Gasteiger partial charge in [-0.15, -0.1) is 0 Å². The van der Waals surface area contributed by atoms with Crippen LogP contribution in [0.5, 0.6) is 0 Å². The molecule has 0 spiro atoms. The third-order valence-electron chi connectivity index (χ3n) is 5.35. The smallest absolute Gasteiger partial charge is 0.462 e. The monoisotopic (exact) mass is 536 g/mol. The lowest BCUT2D eigenvalue weighted by Crippen LogP contribution is -2.37. The molecule has 0 aliphatic rings. The minimum Gasteiger partial charge on any atom is -0.462 e. The highest BCUT2D eigenvalue weighted by Crippen LogP contribution is 2.43. The maximum atomic E-state index is 12.2. The molecule has 0 saturated heterocycles. The standard InChI is InChI=1S/C26H50NO8P/c1-6-7-8-9-10-11-12-13-14-15-16-17-18-19-26(29)35-25(22-32-24(2)28)23-34-36(30,31)33-21-20-27(3,4)5/h11-12,25H,6-10,13-23H2,1-5H3/p+1/b12-11-. The highest BCUT2D eigenvalue weighted by atomic mass is 31.2. The first kappa shape index (κ1) is 34.8. The number of carbonyl (C=O) groups excluding carboxylic acids is 2. The van der Waals surface area contributed by atoms with Gasteiger partial charge in [0.25, 0.3) is 0 Å². The second kappa shape index (κ2) is 20.8. The third-order valence-corrected chi connectivity index (χ3v) is 6.34. The van der Waals surface area contributed by atoms with Gasteiger partial charge in [-0.1, -0.05) is 57.6 Å². The predicted octanol–water partition coefficient (Wildman–Crippen LogP) is 5.56. The Hall–Kier alpha value is -1.25. The van der Waals surface area contributed by atoms with Crippen molar-refractivity contribution in [2.24, 2.45) is 0 Å². The second-order valence-electron chi connectivity index (χ2n) is 10.2. The Morgan fingerprint density at radius 2 is 1.47 bits per heavy atom. The lowest BCUT2D eigenvalue weighted by molar-refractivity contribution is -0.870. The summed E-state index contributed by atoms with van der Waals surface area (Å²) >= 11 is 0. The summed E-state index contributed by atoms with van der Waals surface area (Å²) < 4.78 is 32.8. The molecule has 0 aromatic heterocycles. The molecule has 2 atom stereocenters. The SMILES string of the molecule is CCCCCC/C=C\CCCCCCCC(=O)OC(COC(C)=O)COP(=O)(O)OCC[N+](C)(C)C. The molecule has 212 valence electrons. The van der Waals surface area contributed by atoms with E-state index >= 15 is 0 Å². The van der Waals surface area contributed by atoms with E-state index in [2.05, 4.69) is 19.1 Å². The molecule has 9 nitrogen and oxygen atoms in total. The molecular weight excluding hydrogens is 485 g/mol. The van der Waals surface area contributed by atoms with E-state index in [1.165, 1.54) is 39.0 Å². The number of hydrogen-bond acceptors (Lipinski definition) is 7. The van der Waals surface area contributed by atoms with Crippen molar-refractivity contribution < 1.29 is 42.1 Å². The van der Waals surface area contributed by atoms with Crippen LogP contribution in [0.4, 0.5) is 0 Å². The number of ether oxygens (including phenoxy) is 2. The minimum atomic E-state index is -4.32. The van der Waals surface area contributed by atoms with E-state index in [0.717, 1.165) is 32.1 Å². The molecule has 0 aliphatic carbocycles. The van der Waals surface area contributed by atoms with E-state index in [1.807, 2.05) is 21.1 Å². The molecule has 1 N–H and O–H groups in total. The fourth-order valence-corrected chi connectivity index (χ4v) is 3.94. The van der Waals surface area contributed by atoms with Crippen molar-refractivity contribution in [1.29, 1.82) is 0 Å². The van der Waals surface area contributed by atoms with E-state index in [9.17, 15) is 19.0 Å². The van der Waals surface area contributed by atoms with Crippen molar-refractivity contribution in [3.63, 3.8) is 0 Å². The lowest BCUT2D eigenvalue weighted by Gasteiger charge is -2.24. The van der Waals surface area contributed by atoms with E-state index in [0.29, 0.717) is 17.4 Å². The molecule has 0 bridgehead atoms. The van der Waals surface area contributed by atoms with E-state index < -0.39 is 32.5 Å². The average Bonchev–Trinajstić information content (AvgIpc) is 2.77. The Morgan fingerprint density at radius 1 is 0.889 bits per heavy atom. The third kappa shape index (κ3) is 24.4. The molecule has 10 heteroatoms. The van der Waals surface area contributed by atoms with Crippen molar-refractivity contribution in [2.75, 3.05) is 47.5 Å². The van der Waals surface area contributed by atoms with Crippen LogP contribution in [0.3, 0.4) is 0 Å². The molecule has 0 aromatic rings. The van der Waals surface area contributed by atoms with Gasteiger partial charge in [0.2, 0.25) is 0 Å². The van der Waals surface area contributed by atoms with Crippen LogP contribution in [0.2, 0.25) is 0 Å². The van der Waals surface area contributed by atoms with Crippen molar-refractivity contribution in [3.05, 3.63) is 12.2 Å². The number of rotatable bonds is 23. The molecule has 0 fully saturated rings. The summed E-state index contributed by atoms with van der Waals surface area (Å²) in [5, 5.41) is 0. The second-order valence-corrected chi connectivity index (χ2v) is 11.6. The van der Waals surface area contributed by atoms with Crippen molar-refractivity contribution >= 4 is 19.8 Å². The minimum absolute atomic E-state index is 0.0288. The number of carbonyl (C=O) groups is 2. The largest absolute Gasteiger partial charge is 0.472 e. The Labute approximate surface area is 218 Å². The quantitative estimate of drug-likeness (QED) is 0.0595. The molecule has 36 heavy (non-hydrogen) atoms. The number of quaternary nitrogens is 1. The number of allylic oxidation sites excluding steroid dienone is 2. The predicted molar refractivity (Wildman–Crippen MR) is 141 cm³/mol. The van der Waals surface area contributed by atoms with E-state index in [-0.39, 0.29) is 19.6 Å². The van der Waals surface area contributed by atoms with Gasteiger partial charge in [-0.05, 0) is 32.1 Å². The zero-order valence-electron chi connectivity index (χ0n) is 23.2. The highest BCUT2D eigenvalue weighted by molar-refractivity contribution is 7.47. The van der Waals surface area contributed by atoms with Gasteiger partial charge in [0.1, 0.15) is 19.8 Å². The lowest BCUT2D eigenvalue weighted by atomic mass is 10.1. The molecule has 2 unspecified atom stereocenters. The van der Waals surface area contributed by atoms with Crippen LogP contribution in [0.1, 0.15) is 90.9 Å². The Kier molecular flexibility index (Phi) is 20.0. The summed E-state index contributed by atoms with van der Waals surface area (Å²) in [5.41, 5.74) is 0. The van der Waals surface area contributed by atoms with Crippen LogP contribution in [-0.2, 0) is 32.7 Å². The molecule has 0 heterocycles. The molecule has 0 amide bonds. The molecule has 0 saturated carbocycles. The molecule has 0 radical (unpaired) electrons. The maximum absolute atomic E-state index is 12.2. The van der Waals surface area contributed by atoms with Crippen LogP contribution < -0.4 is 0 Å². The molecule has 0 rings (SSSR count). The topological polar surface area (TPSA) is 108 Å². The van der Waals surface area contributed by atoms with Crippen LogP contribution in [-0.4, -0.2) is 74.9 Å². The van der Waals surface area contributed by atoms with Gasteiger partial charge in [0.15, 0.2) is 6.10 Å². The van der Waals surface area contributed by atoms with Crippen LogP contribution >= 0.6 is 7.82 Å². The number of esters is 2. The normalized spacial score (nSPS) is 14.5. The average molecular weight is 537 g/mol. The van der Waals surface area contributed by atoms with Gasteiger partial charge in [-0.3, -0.25) is 18.6 Å². The van der Waals surface area contributed by atoms with Crippen molar-refractivity contribution in [2.45, 2.75) is 97.0 Å². The number of likely N-dealkylation sites (N-methyl/N-ethyl adjacent to an activating group) is 1. The van der Waals surface area contributed by atoms with Gasteiger partial charge in [0, 0.05) is 13.3 Å². The van der Waals surface area contributed by atoms with E-state index in [4.69, 9.17) is 18.5 Å². The number of hydrogen-bond donors (Lipinski definition) is 1. The summed E-state index contributed by atoms with van der Waals surface area (Å²) in [6, 6.07) is 0. The van der Waals surface area contributed by atoms with E-state index in [1.54, 1.807) is 0 Å².